The fourth-order valence-electron chi connectivity index (χ4n) is 1.71. The molecule has 24 heavy (non-hydrogen) atoms. The molecule has 0 saturated carbocycles. The third kappa shape index (κ3) is 6.66. The summed E-state index contributed by atoms with van der Waals surface area (Å²) in [6.07, 6.45) is 0. The maximum absolute atomic E-state index is 12.1. The van der Waals surface area contributed by atoms with Crippen LogP contribution in [0, 0.1) is 0 Å². The molecule has 1 aromatic rings. The van der Waals surface area contributed by atoms with Gasteiger partial charge in [-0.3, -0.25) is 4.79 Å². The molecule has 9 heteroatoms. The Bertz CT molecular complexity index is 501. The highest BCUT2D eigenvalue weighted by Crippen LogP contribution is 2.14. The number of carbonyl (C=O) groups is 3. The van der Waals surface area contributed by atoms with Gasteiger partial charge in [0.25, 0.3) is 5.91 Å². The van der Waals surface area contributed by atoms with Gasteiger partial charge in [-0.15, -0.1) is 0 Å². The van der Waals surface area contributed by atoms with Crippen molar-refractivity contribution in [3.05, 3.63) is 34.9 Å². The number of ether oxygens (including phenoxy) is 2. The summed E-state index contributed by atoms with van der Waals surface area (Å²) in [5.74, 6) is -0.509. The van der Waals surface area contributed by atoms with Crippen molar-refractivity contribution in [2.24, 2.45) is 0 Å². The van der Waals surface area contributed by atoms with Crippen molar-refractivity contribution >= 4 is 55.7 Å². The topological polar surface area (TPSA) is 81.7 Å². The van der Waals surface area contributed by atoms with Crippen molar-refractivity contribution in [2.75, 3.05) is 37.0 Å². The first-order chi connectivity index (χ1) is 11.5. The molecule has 1 amide bonds. The Balaban J connectivity index is 3.11. The van der Waals surface area contributed by atoms with Gasteiger partial charge in [0.1, 0.15) is 13.2 Å². The first kappa shape index (κ1) is 20.7. The molecular weight excluding hydrogens is 370 g/mol. The van der Waals surface area contributed by atoms with Crippen molar-refractivity contribution in [1.29, 1.82) is 0 Å². The number of hydrogen-bond donors (Lipinski definition) is 4. The van der Waals surface area contributed by atoms with E-state index in [1.165, 1.54) is 18.2 Å². The Hall–Kier alpha value is -1.32. The fraction of sp³-hybridized carbons (Fsp3) is 0.400. The lowest BCUT2D eigenvalue weighted by molar-refractivity contribution is 0.0529. The average molecular weight is 390 g/mol. The number of hydrogen-bond acceptors (Lipinski definition) is 8. The van der Waals surface area contributed by atoms with Crippen LogP contribution in [-0.4, -0.2) is 54.9 Å². The lowest BCUT2D eigenvalue weighted by Crippen LogP contribution is -2.26. The van der Waals surface area contributed by atoms with Gasteiger partial charge in [-0.1, -0.05) is 0 Å². The second-order valence-corrected chi connectivity index (χ2v) is 5.84. The monoisotopic (exact) mass is 389 g/mol. The molecule has 132 valence electrons. The van der Waals surface area contributed by atoms with Crippen LogP contribution in [0.1, 0.15) is 31.1 Å². The van der Waals surface area contributed by atoms with E-state index >= 15 is 0 Å². The fourth-order valence-corrected chi connectivity index (χ4v) is 2.00. The summed E-state index contributed by atoms with van der Waals surface area (Å²) in [5, 5.41) is 2.62. The van der Waals surface area contributed by atoms with E-state index in [4.69, 9.17) is 9.47 Å². The number of benzene rings is 1. The van der Waals surface area contributed by atoms with Gasteiger partial charge in [0.15, 0.2) is 0 Å². The maximum Gasteiger partial charge on any atom is 0.338 e. The van der Waals surface area contributed by atoms with Crippen molar-refractivity contribution in [2.45, 2.75) is 0 Å². The largest absolute Gasteiger partial charge is 0.461 e. The molecule has 0 radical (unpaired) electrons. The van der Waals surface area contributed by atoms with E-state index in [0.717, 1.165) is 0 Å². The smallest absolute Gasteiger partial charge is 0.338 e. The highest BCUT2D eigenvalue weighted by molar-refractivity contribution is 7.80. The second-order valence-electron chi connectivity index (χ2n) is 4.50. The van der Waals surface area contributed by atoms with Crippen molar-refractivity contribution in [3.63, 3.8) is 0 Å². The Morgan fingerprint density at radius 1 is 0.792 bits per heavy atom. The molecule has 0 aliphatic rings. The molecule has 0 aliphatic heterocycles. The van der Waals surface area contributed by atoms with Crippen molar-refractivity contribution in [1.82, 2.24) is 5.32 Å². The number of carbonyl (C=O) groups excluding carboxylic acids is 3. The zero-order valence-corrected chi connectivity index (χ0v) is 15.5. The lowest BCUT2D eigenvalue weighted by Gasteiger charge is -2.10. The van der Waals surface area contributed by atoms with Crippen LogP contribution >= 0.6 is 37.9 Å². The Morgan fingerprint density at radius 3 is 1.67 bits per heavy atom. The summed E-state index contributed by atoms with van der Waals surface area (Å²) in [6.45, 7) is 0.602. The molecule has 0 spiro atoms. The van der Waals surface area contributed by atoms with Gasteiger partial charge in [-0.2, -0.15) is 37.9 Å². The molecule has 0 fully saturated rings. The van der Waals surface area contributed by atoms with E-state index in [2.05, 4.69) is 43.2 Å². The van der Waals surface area contributed by atoms with E-state index in [1.807, 2.05) is 0 Å². The highest BCUT2D eigenvalue weighted by Gasteiger charge is 2.17. The Kier molecular flexibility index (Phi) is 9.73. The molecule has 0 aromatic heterocycles. The Labute approximate surface area is 156 Å². The summed E-state index contributed by atoms with van der Waals surface area (Å²) >= 11 is 11.9. The zero-order chi connectivity index (χ0) is 17.9. The van der Waals surface area contributed by atoms with Gasteiger partial charge in [0.2, 0.25) is 0 Å². The van der Waals surface area contributed by atoms with E-state index in [1.54, 1.807) is 0 Å². The first-order valence-corrected chi connectivity index (χ1v) is 9.03. The number of rotatable bonds is 9. The molecule has 0 heterocycles. The summed E-state index contributed by atoms with van der Waals surface area (Å²) < 4.78 is 9.97. The summed E-state index contributed by atoms with van der Waals surface area (Å²) in [7, 11) is 0. The van der Waals surface area contributed by atoms with Crippen LogP contribution in [0.5, 0.6) is 0 Å². The van der Waals surface area contributed by atoms with Gasteiger partial charge in [-0.25, -0.2) is 9.59 Å². The molecule has 0 unspecified atom stereocenters. The third-order valence-electron chi connectivity index (χ3n) is 2.71. The first-order valence-electron chi connectivity index (χ1n) is 7.13. The molecule has 6 nitrogen and oxygen atoms in total. The standard InChI is InChI=1S/C15H19NO5S3/c17-13(16-1-4-22)10-7-11(14(18)20-2-5-23)9-12(8-10)15(19)21-3-6-24/h7-9,22-24H,1-6H2,(H,16,17). The van der Waals surface area contributed by atoms with Gasteiger partial charge >= 0.3 is 11.9 Å². The van der Waals surface area contributed by atoms with Crippen molar-refractivity contribution in [3.8, 4) is 0 Å². The lowest BCUT2D eigenvalue weighted by atomic mass is 10.0. The molecule has 0 saturated heterocycles. The third-order valence-corrected chi connectivity index (χ3v) is 3.30. The molecule has 0 aliphatic carbocycles. The zero-order valence-electron chi connectivity index (χ0n) is 12.9. The predicted octanol–water partition coefficient (Wildman–Crippen LogP) is 1.52. The second kappa shape index (κ2) is 11.3. The molecule has 0 bridgehead atoms. The van der Waals surface area contributed by atoms with Crippen LogP contribution in [0.4, 0.5) is 0 Å². The number of esters is 2. The summed E-state index contributed by atoms with van der Waals surface area (Å²) in [6, 6.07) is 4.06. The summed E-state index contributed by atoms with van der Waals surface area (Å²) in [5.41, 5.74) is 0.344. The molecule has 1 N–H and O–H groups in total. The van der Waals surface area contributed by atoms with Gasteiger partial charge in [0.05, 0.1) is 11.1 Å². The number of thiol groups is 3. The van der Waals surface area contributed by atoms with E-state index in [-0.39, 0.29) is 29.9 Å². The van der Waals surface area contributed by atoms with Crippen LogP contribution in [0.25, 0.3) is 0 Å². The SMILES string of the molecule is O=C(NCCS)c1cc(C(=O)OCCS)cc(C(=O)OCCS)c1. The molecule has 0 atom stereocenters. The van der Waals surface area contributed by atoms with Crippen LogP contribution in [0.15, 0.2) is 18.2 Å². The van der Waals surface area contributed by atoms with E-state index in [9.17, 15) is 14.4 Å². The predicted molar refractivity (Wildman–Crippen MR) is 101 cm³/mol. The van der Waals surface area contributed by atoms with Crippen LogP contribution in [0.3, 0.4) is 0 Å². The van der Waals surface area contributed by atoms with Crippen LogP contribution in [0.2, 0.25) is 0 Å². The van der Waals surface area contributed by atoms with Gasteiger partial charge in [-0.05, 0) is 18.2 Å². The van der Waals surface area contributed by atoms with E-state index in [0.29, 0.717) is 23.8 Å². The van der Waals surface area contributed by atoms with Crippen molar-refractivity contribution < 1.29 is 23.9 Å². The maximum atomic E-state index is 12.1. The number of nitrogens with one attached hydrogen (secondary N) is 1. The number of amides is 1. The molecular formula is C15H19NO5S3. The van der Waals surface area contributed by atoms with Gasteiger partial charge < -0.3 is 14.8 Å². The minimum absolute atomic E-state index is 0.0909. The molecule has 1 rings (SSSR count). The quantitative estimate of drug-likeness (QED) is 0.380. The van der Waals surface area contributed by atoms with E-state index < -0.39 is 17.8 Å². The van der Waals surface area contributed by atoms with Crippen LogP contribution in [-0.2, 0) is 9.47 Å². The van der Waals surface area contributed by atoms with Gasteiger partial charge in [0, 0.05) is 29.4 Å². The Morgan fingerprint density at radius 2 is 1.25 bits per heavy atom. The average Bonchev–Trinajstić information content (AvgIpc) is 2.61. The normalized spacial score (nSPS) is 10.1. The van der Waals surface area contributed by atoms with Crippen LogP contribution < -0.4 is 5.32 Å². The molecule has 1 aromatic carbocycles. The minimum Gasteiger partial charge on any atom is -0.461 e. The summed E-state index contributed by atoms with van der Waals surface area (Å²) in [4.78, 5) is 36.1. The highest BCUT2D eigenvalue weighted by atomic mass is 32.1. The minimum atomic E-state index is -0.642.